The van der Waals surface area contributed by atoms with E-state index in [4.69, 9.17) is 16.7 Å². The zero-order valence-electron chi connectivity index (χ0n) is 11.0. The van der Waals surface area contributed by atoms with Gasteiger partial charge < -0.3 is 10.4 Å². The Hall–Kier alpha value is -1.69. The van der Waals surface area contributed by atoms with Gasteiger partial charge in [0.15, 0.2) is 0 Å². The van der Waals surface area contributed by atoms with E-state index in [-0.39, 0.29) is 22.7 Å². The van der Waals surface area contributed by atoms with Crippen molar-refractivity contribution >= 4 is 23.5 Å². The van der Waals surface area contributed by atoms with Crippen LogP contribution in [0.2, 0.25) is 5.15 Å². The van der Waals surface area contributed by atoms with E-state index in [0.717, 1.165) is 0 Å². The second-order valence-corrected chi connectivity index (χ2v) is 5.60. The molecule has 104 valence electrons. The quantitative estimate of drug-likeness (QED) is 0.879. The lowest BCUT2D eigenvalue weighted by atomic mass is 9.84. The molecule has 0 fully saturated rings. The summed E-state index contributed by atoms with van der Waals surface area (Å²) in [6, 6.07) is -0.515. The van der Waals surface area contributed by atoms with Crippen molar-refractivity contribution in [3.63, 3.8) is 0 Å². The molecule has 1 aromatic rings. The first-order valence-electron chi connectivity index (χ1n) is 5.70. The van der Waals surface area contributed by atoms with E-state index in [1.165, 1.54) is 12.4 Å². The second-order valence-electron chi connectivity index (χ2n) is 5.22. The van der Waals surface area contributed by atoms with Gasteiger partial charge in [0.2, 0.25) is 0 Å². The van der Waals surface area contributed by atoms with Crippen molar-refractivity contribution in [1.82, 2.24) is 15.3 Å². The summed E-state index contributed by atoms with van der Waals surface area (Å²) < 4.78 is 0. The average Bonchev–Trinajstić information content (AvgIpc) is 2.26. The summed E-state index contributed by atoms with van der Waals surface area (Å²) >= 11 is 5.65. The predicted octanol–water partition coefficient (Wildman–Crippen LogP) is 1.75. The van der Waals surface area contributed by atoms with E-state index in [0.29, 0.717) is 0 Å². The Morgan fingerprint density at radius 1 is 1.42 bits per heavy atom. The normalized spacial score (nSPS) is 12.8. The maximum absolute atomic E-state index is 12.0. The van der Waals surface area contributed by atoms with E-state index >= 15 is 0 Å². The fraction of sp³-hybridized carbons (Fsp3) is 0.500. The third-order valence-corrected chi connectivity index (χ3v) is 2.75. The van der Waals surface area contributed by atoms with Gasteiger partial charge in [-0.25, -0.2) is 4.98 Å². The van der Waals surface area contributed by atoms with Crippen LogP contribution in [0, 0.1) is 5.41 Å². The topological polar surface area (TPSA) is 92.2 Å². The van der Waals surface area contributed by atoms with Crippen LogP contribution in [-0.2, 0) is 4.79 Å². The highest BCUT2D eigenvalue weighted by Gasteiger charge is 2.29. The number of halogens is 1. The van der Waals surface area contributed by atoms with Crippen molar-refractivity contribution < 1.29 is 14.7 Å². The first-order valence-corrected chi connectivity index (χ1v) is 6.08. The van der Waals surface area contributed by atoms with Crippen molar-refractivity contribution in [2.75, 3.05) is 0 Å². The van der Waals surface area contributed by atoms with E-state index in [1.807, 2.05) is 20.8 Å². The third kappa shape index (κ3) is 4.82. The number of rotatable bonds is 4. The van der Waals surface area contributed by atoms with Crippen LogP contribution in [0.5, 0.6) is 0 Å². The number of hydrogen-bond donors (Lipinski definition) is 2. The standard InChI is InChI=1S/C12H16ClN3O3/c1-12(2,3)8(4-10(17)18)16-11(19)7-5-14-6-9(13)15-7/h5-6,8H,4H2,1-3H3,(H,16,19)(H,17,18). The van der Waals surface area contributed by atoms with Crippen LogP contribution in [0.1, 0.15) is 37.7 Å². The minimum absolute atomic E-state index is 0.0622. The molecule has 1 unspecified atom stereocenters. The number of aliphatic carboxylic acids is 1. The van der Waals surface area contributed by atoms with E-state index in [9.17, 15) is 9.59 Å². The van der Waals surface area contributed by atoms with Gasteiger partial charge in [0, 0.05) is 6.04 Å². The molecule has 1 rings (SSSR count). The molecule has 0 spiro atoms. The summed E-state index contributed by atoms with van der Waals surface area (Å²) in [7, 11) is 0. The number of aromatic nitrogens is 2. The number of carboxylic acid groups (broad SMARTS) is 1. The third-order valence-electron chi connectivity index (χ3n) is 2.57. The molecule has 1 amide bonds. The molecule has 0 aromatic carbocycles. The zero-order chi connectivity index (χ0) is 14.6. The van der Waals surface area contributed by atoms with Crippen LogP contribution >= 0.6 is 11.6 Å². The van der Waals surface area contributed by atoms with Crippen LogP contribution in [-0.4, -0.2) is 33.0 Å². The Morgan fingerprint density at radius 3 is 2.53 bits per heavy atom. The van der Waals surface area contributed by atoms with Crippen molar-refractivity contribution in [3.8, 4) is 0 Å². The van der Waals surface area contributed by atoms with E-state index in [1.54, 1.807) is 0 Å². The molecule has 0 radical (unpaired) electrons. The Labute approximate surface area is 116 Å². The SMILES string of the molecule is CC(C)(C)C(CC(=O)O)NC(=O)c1cncc(Cl)n1. The zero-order valence-corrected chi connectivity index (χ0v) is 11.7. The number of carboxylic acids is 1. The maximum atomic E-state index is 12.0. The summed E-state index contributed by atoms with van der Waals surface area (Å²) in [4.78, 5) is 30.4. The molecule has 0 bridgehead atoms. The van der Waals surface area contributed by atoms with Crippen molar-refractivity contribution in [1.29, 1.82) is 0 Å². The molecule has 1 heterocycles. The van der Waals surface area contributed by atoms with Gasteiger partial charge in [-0.1, -0.05) is 32.4 Å². The van der Waals surface area contributed by atoms with Crippen LogP contribution in [0.25, 0.3) is 0 Å². The molecule has 1 atom stereocenters. The van der Waals surface area contributed by atoms with Gasteiger partial charge in [-0.3, -0.25) is 14.6 Å². The highest BCUT2D eigenvalue weighted by molar-refractivity contribution is 6.29. The number of carbonyl (C=O) groups is 2. The highest BCUT2D eigenvalue weighted by Crippen LogP contribution is 2.22. The summed E-state index contributed by atoms with van der Waals surface area (Å²) in [6.07, 6.45) is 2.43. The largest absolute Gasteiger partial charge is 0.481 e. The fourth-order valence-corrected chi connectivity index (χ4v) is 1.58. The van der Waals surface area contributed by atoms with Gasteiger partial charge >= 0.3 is 5.97 Å². The predicted molar refractivity (Wildman–Crippen MR) is 70.0 cm³/mol. The highest BCUT2D eigenvalue weighted by atomic mass is 35.5. The van der Waals surface area contributed by atoms with Gasteiger partial charge in [-0.15, -0.1) is 0 Å². The van der Waals surface area contributed by atoms with E-state index in [2.05, 4.69) is 15.3 Å². The number of nitrogens with zero attached hydrogens (tertiary/aromatic N) is 2. The lowest BCUT2D eigenvalue weighted by Crippen LogP contribution is -2.45. The van der Waals surface area contributed by atoms with E-state index < -0.39 is 17.9 Å². The number of hydrogen-bond acceptors (Lipinski definition) is 4. The molecule has 0 saturated carbocycles. The smallest absolute Gasteiger partial charge is 0.305 e. The maximum Gasteiger partial charge on any atom is 0.305 e. The van der Waals surface area contributed by atoms with Crippen molar-refractivity contribution in [2.24, 2.45) is 5.41 Å². The molecule has 0 aliphatic rings. The van der Waals surface area contributed by atoms with Gasteiger partial charge in [0.25, 0.3) is 5.91 Å². The summed E-state index contributed by atoms with van der Waals surface area (Å²) in [5, 5.41) is 11.6. The molecule has 1 aromatic heterocycles. The fourth-order valence-electron chi connectivity index (χ4n) is 1.43. The van der Waals surface area contributed by atoms with Crippen LogP contribution in [0.4, 0.5) is 0 Å². The Kier molecular flexibility index (Phi) is 4.83. The van der Waals surface area contributed by atoms with Gasteiger partial charge in [0.05, 0.1) is 18.8 Å². The number of amides is 1. The second kappa shape index (κ2) is 5.97. The molecule has 0 aliphatic heterocycles. The lowest BCUT2D eigenvalue weighted by molar-refractivity contribution is -0.138. The van der Waals surface area contributed by atoms with Gasteiger partial charge in [-0.05, 0) is 5.41 Å². The minimum Gasteiger partial charge on any atom is -0.481 e. The summed E-state index contributed by atoms with van der Waals surface area (Å²) in [6.45, 7) is 5.56. The minimum atomic E-state index is -0.975. The molecule has 7 heteroatoms. The van der Waals surface area contributed by atoms with Crippen molar-refractivity contribution in [2.45, 2.75) is 33.2 Å². The first kappa shape index (κ1) is 15.4. The molecular formula is C12H16ClN3O3. The Bertz CT molecular complexity index is 485. The molecule has 0 aliphatic carbocycles. The molecule has 6 nitrogen and oxygen atoms in total. The molecule has 0 saturated heterocycles. The molecule has 2 N–H and O–H groups in total. The molecular weight excluding hydrogens is 270 g/mol. The van der Waals surface area contributed by atoms with Crippen LogP contribution in [0.15, 0.2) is 12.4 Å². The molecule has 19 heavy (non-hydrogen) atoms. The Balaban J connectivity index is 2.85. The number of carbonyl (C=O) groups excluding carboxylic acids is 1. The van der Waals surface area contributed by atoms with Crippen LogP contribution in [0.3, 0.4) is 0 Å². The Morgan fingerprint density at radius 2 is 2.05 bits per heavy atom. The van der Waals surface area contributed by atoms with Gasteiger partial charge in [-0.2, -0.15) is 0 Å². The lowest BCUT2D eigenvalue weighted by Gasteiger charge is -2.30. The summed E-state index contributed by atoms with van der Waals surface area (Å²) in [5.74, 6) is -1.46. The average molecular weight is 286 g/mol. The van der Waals surface area contributed by atoms with Crippen molar-refractivity contribution in [3.05, 3.63) is 23.2 Å². The van der Waals surface area contributed by atoms with Gasteiger partial charge in [0.1, 0.15) is 10.8 Å². The monoisotopic (exact) mass is 285 g/mol. The summed E-state index contributed by atoms with van der Waals surface area (Å²) in [5.41, 5.74) is -0.327. The number of nitrogens with one attached hydrogen (secondary N) is 1. The first-order chi connectivity index (χ1) is 8.70. The van der Waals surface area contributed by atoms with Crippen LogP contribution < -0.4 is 5.32 Å².